The molecule has 1 heterocycles. The number of aliphatic hydroxyl groups excluding tert-OH is 1. The van der Waals surface area contributed by atoms with Crippen molar-refractivity contribution in [1.82, 2.24) is 10.1 Å². The largest absolute Gasteiger partial charge is 0.392 e. The van der Waals surface area contributed by atoms with E-state index in [1.54, 1.807) is 7.11 Å². The fourth-order valence-electron chi connectivity index (χ4n) is 2.54. The average molecular weight is 254 g/mol. The highest BCUT2D eigenvalue weighted by Crippen LogP contribution is 2.28. The minimum absolute atomic E-state index is 0.334. The highest BCUT2D eigenvalue weighted by molar-refractivity contribution is 4.90. The fraction of sp³-hybridized carbons (Fsp3) is 0.846. The van der Waals surface area contributed by atoms with Crippen molar-refractivity contribution in [3.05, 3.63) is 11.7 Å². The van der Waals surface area contributed by atoms with Gasteiger partial charge in [-0.2, -0.15) is 4.98 Å². The topological polar surface area (TPSA) is 68.4 Å². The van der Waals surface area contributed by atoms with E-state index in [1.165, 1.54) is 12.8 Å². The number of aliphatic hydroxyl groups is 1. The molecule has 0 aromatic carbocycles. The van der Waals surface area contributed by atoms with Crippen molar-refractivity contribution in [3.8, 4) is 0 Å². The Hall–Kier alpha value is -0.940. The summed E-state index contributed by atoms with van der Waals surface area (Å²) >= 11 is 0. The van der Waals surface area contributed by atoms with E-state index in [0.717, 1.165) is 25.7 Å². The predicted octanol–water partition coefficient (Wildman–Crippen LogP) is 1.74. The van der Waals surface area contributed by atoms with Gasteiger partial charge in [-0.1, -0.05) is 18.0 Å². The van der Waals surface area contributed by atoms with Gasteiger partial charge in [-0.05, 0) is 25.2 Å². The molecule has 0 saturated heterocycles. The Morgan fingerprint density at radius 3 is 2.94 bits per heavy atom. The lowest BCUT2D eigenvalue weighted by Gasteiger charge is -2.14. The van der Waals surface area contributed by atoms with Crippen molar-refractivity contribution in [3.63, 3.8) is 0 Å². The van der Waals surface area contributed by atoms with E-state index in [1.807, 2.05) is 0 Å². The lowest BCUT2D eigenvalue weighted by Crippen LogP contribution is -2.20. The molecule has 1 unspecified atom stereocenters. The molecule has 1 saturated carbocycles. The van der Waals surface area contributed by atoms with E-state index < -0.39 is 0 Å². The third kappa shape index (κ3) is 3.78. The average Bonchev–Trinajstić information content (AvgIpc) is 3.00. The van der Waals surface area contributed by atoms with Crippen LogP contribution in [0.25, 0.3) is 0 Å². The van der Waals surface area contributed by atoms with Crippen LogP contribution in [-0.2, 0) is 17.6 Å². The summed E-state index contributed by atoms with van der Waals surface area (Å²) in [6.45, 7) is 0.703. The highest BCUT2D eigenvalue weighted by atomic mass is 16.5. The summed E-state index contributed by atoms with van der Waals surface area (Å²) in [5.74, 6) is 1.68. The van der Waals surface area contributed by atoms with Gasteiger partial charge in [0, 0.05) is 20.1 Å². The molecule has 1 atom stereocenters. The molecule has 1 N–H and O–H groups in total. The summed E-state index contributed by atoms with van der Waals surface area (Å²) < 4.78 is 10.1. The molecule has 18 heavy (non-hydrogen) atoms. The lowest BCUT2D eigenvalue weighted by atomic mass is 9.98. The molecule has 0 amide bonds. The maximum absolute atomic E-state index is 10.1. The van der Waals surface area contributed by atoms with Gasteiger partial charge in [-0.15, -0.1) is 0 Å². The van der Waals surface area contributed by atoms with E-state index in [4.69, 9.17) is 9.26 Å². The van der Waals surface area contributed by atoms with Gasteiger partial charge in [0.15, 0.2) is 5.82 Å². The number of hydrogen-bond donors (Lipinski definition) is 1. The zero-order valence-corrected chi connectivity index (χ0v) is 11.0. The second kappa shape index (κ2) is 6.85. The molecular weight excluding hydrogens is 232 g/mol. The van der Waals surface area contributed by atoms with E-state index >= 15 is 0 Å². The Morgan fingerprint density at radius 2 is 2.22 bits per heavy atom. The number of hydrogen-bond acceptors (Lipinski definition) is 5. The Balaban J connectivity index is 1.78. The van der Waals surface area contributed by atoms with Crippen LogP contribution in [0.2, 0.25) is 0 Å². The number of aromatic nitrogens is 2. The Kier molecular flexibility index (Phi) is 5.13. The van der Waals surface area contributed by atoms with Gasteiger partial charge in [0.25, 0.3) is 0 Å². The first kappa shape index (κ1) is 13.5. The normalized spacial score (nSPS) is 18.3. The maximum atomic E-state index is 10.1. The van der Waals surface area contributed by atoms with Crippen molar-refractivity contribution in [2.24, 2.45) is 5.92 Å². The van der Waals surface area contributed by atoms with E-state index in [9.17, 15) is 5.11 Å². The molecule has 1 fully saturated rings. The van der Waals surface area contributed by atoms with Gasteiger partial charge in [-0.3, -0.25) is 0 Å². The highest BCUT2D eigenvalue weighted by Gasteiger charge is 2.25. The molecule has 5 nitrogen and oxygen atoms in total. The van der Waals surface area contributed by atoms with E-state index in [-0.39, 0.29) is 6.10 Å². The van der Waals surface area contributed by atoms with Crippen LogP contribution in [0.15, 0.2) is 4.52 Å². The first-order valence-electron chi connectivity index (χ1n) is 6.78. The summed E-state index contributed by atoms with van der Waals surface area (Å²) in [7, 11) is 1.68. The molecule has 1 aliphatic carbocycles. The maximum Gasteiger partial charge on any atom is 0.229 e. The molecule has 1 aromatic heterocycles. The van der Waals surface area contributed by atoms with Crippen LogP contribution < -0.4 is 0 Å². The molecule has 5 heteroatoms. The molecule has 0 spiro atoms. The standard InChI is InChI=1S/C13H22N2O3/c1-17-8-4-7-12-14-13(18-15-12)9-11(16)10-5-2-3-6-10/h10-11,16H,2-9H2,1H3. The van der Waals surface area contributed by atoms with E-state index in [2.05, 4.69) is 10.1 Å². The molecule has 102 valence electrons. The van der Waals surface area contributed by atoms with Gasteiger partial charge in [-0.25, -0.2) is 0 Å². The number of ether oxygens (including phenoxy) is 1. The third-order valence-corrected chi connectivity index (χ3v) is 3.59. The van der Waals surface area contributed by atoms with E-state index in [0.29, 0.717) is 30.7 Å². The minimum Gasteiger partial charge on any atom is -0.392 e. The molecule has 0 radical (unpaired) electrons. The van der Waals surface area contributed by atoms with Crippen LogP contribution in [0, 0.1) is 5.92 Å². The number of rotatable bonds is 7. The van der Waals surface area contributed by atoms with Gasteiger partial charge in [0.1, 0.15) is 0 Å². The zero-order chi connectivity index (χ0) is 12.8. The monoisotopic (exact) mass is 254 g/mol. The second-order valence-electron chi connectivity index (χ2n) is 5.02. The number of methoxy groups -OCH3 is 1. The third-order valence-electron chi connectivity index (χ3n) is 3.59. The van der Waals surface area contributed by atoms with Gasteiger partial charge < -0.3 is 14.4 Å². The van der Waals surface area contributed by atoms with Crippen LogP contribution in [0.1, 0.15) is 43.8 Å². The number of aryl methyl sites for hydroxylation is 1. The summed E-state index contributed by atoms with van der Waals surface area (Å²) in [6.07, 6.45) is 6.51. The fourth-order valence-corrected chi connectivity index (χ4v) is 2.54. The summed E-state index contributed by atoms with van der Waals surface area (Å²) in [4.78, 5) is 4.30. The van der Waals surface area contributed by atoms with Gasteiger partial charge in [0.05, 0.1) is 12.5 Å². The van der Waals surface area contributed by atoms with Crippen LogP contribution in [0.3, 0.4) is 0 Å². The first-order valence-corrected chi connectivity index (χ1v) is 6.78. The Labute approximate surface area is 108 Å². The first-order chi connectivity index (χ1) is 8.79. The second-order valence-corrected chi connectivity index (χ2v) is 5.02. The predicted molar refractivity (Wildman–Crippen MR) is 66.2 cm³/mol. The van der Waals surface area contributed by atoms with Crippen LogP contribution in [0.5, 0.6) is 0 Å². The quantitative estimate of drug-likeness (QED) is 0.751. The molecular formula is C13H22N2O3. The molecule has 0 bridgehead atoms. The van der Waals surface area contributed by atoms with Crippen molar-refractivity contribution in [2.75, 3.05) is 13.7 Å². The lowest BCUT2D eigenvalue weighted by molar-refractivity contribution is 0.102. The van der Waals surface area contributed by atoms with Gasteiger partial charge >= 0.3 is 0 Å². The summed E-state index contributed by atoms with van der Waals surface area (Å²) in [5.41, 5.74) is 0. The summed E-state index contributed by atoms with van der Waals surface area (Å²) in [5, 5.41) is 14.0. The SMILES string of the molecule is COCCCc1noc(CC(O)C2CCCC2)n1. The molecule has 1 aromatic rings. The van der Waals surface area contributed by atoms with Crippen molar-refractivity contribution in [2.45, 2.75) is 51.0 Å². The van der Waals surface area contributed by atoms with Crippen molar-refractivity contribution >= 4 is 0 Å². The van der Waals surface area contributed by atoms with Crippen molar-refractivity contribution < 1.29 is 14.4 Å². The summed E-state index contributed by atoms with van der Waals surface area (Å²) in [6, 6.07) is 0. The smallest absolute Gasteiger partial charge is 0.229 e. The van der Waals surface area contributed by atoms with Gasteiger partial charge in [0.2, 0.25) is 5.89 Å². The van der Waals surface area contributed by atoms with Crippen LogP contribution >= 0.6 is 0 Å². The van der Waals surface area contributed by atoms with Crippen LogP contribution in [0.4, 0.5) is 0 Å². The number of nitrogens with zero attached hydrogens (tertiary/aromatic N) is 2. The minimum atomic E-state index is -0.334. The van der Waals surface area contributed by atoms with Crippen molar-refractivity contribution in [1.29, 1.82) is 0 Å². The Morgan fingerprint density at radius 1 is 1.44 bits per heavy atom. The molecule has 2 rings (SSSR count). The Bertz CT molecular complexity index is 348. The zero-order valence-electron chi connectivity index (χ0n) is 11.0. The van der Waals surface area contributed by atoms with Crippen LogP contribution in [-0.4, -0.2) is 35.1 Å². The molecule has 0 aliphatic heterocycles. The molecule has 1 aliphatic rings.